The molecule has 0 saturated carbocycles. The molecule has 3 N–H and O–H groups in total. The van der Waals surface area contributed by atoms with E-state index in [0.717, 1.165) is 63.3 Å². The second-order valence-electron chi connectivity index (χ2n) is 7.79. The van der Waals surface area contributed by atoms with Crippen LogP contribution in [0.5, 0.6) is 0 Å². The first kappa shape index (κ1) is 23.7. The minimum atomic E-state index is -0.0729. The van der Waals surface area contributed by atoms with Gasteiger partial charge in [-0.1, -0.05) is 26.0 Å². The van der Waals surface area contributed by atoms with Gasteiger partial charge in [-0.3, -0.25) is 14.6 Å². The highest BCUT2D eigenvalue weighted by Gasteiger charge is 2.26. The van der Waals surface area contributed by atoms with Crippen LogP contribution in [0.25, 0.3) is 0 Å². The summed E-state index contributed by atoms with van der Waals surface area (Å²) in [6.07, 6.45) is 4.49. The summed E-state index contributed by atoms with van der Waals surface area (Å²) in [6.45, 7) is 6.51. The maximum Gasteiger partial charge on any atom is 0.251 e. The van der Waals surface area contributed by atoms with Gasteiger partial charge in [-0.05, 0) is 49.8 Å². The van der Waals surface area contributed by atoms with Gasteiger partial charge in [0.05, 0.1) is 0 Å². The molecule has 1 aromatic rings. The number of amides is 2. The lowest BCUT2D eigenvalue weighted by Gasteiger charge is -2.34. The highest BCUT2D eigenvalue weighted by atomic mass is 16.2. The van der Waals surface area contributed by atoms with Gasteiger partial charge >= 0.3 is 0 Å². The van der Waals surface area contributed by atoms with Crippen molar-refractivity contribution >= 4 is 17.8 Å². The molecule has 1 aromatic carbocycles. The second-order valence-corrected chi connectivity index (χ2v) is 7.79. The molecule has 0 spiro atoms. The summed E-state index contributed by atoms with van der Waals surface area (Å²) < 4.78 is 0. The van der Waals surface area contributed by atoms with Crippen molar-refractivity contribution in [1.82, 2.24) is 20.9 Å². The first-order valence-electron chi connectivity index (χ1n) is 11.1. The van der Waals surface area contributed by atoms with Crippen molar-refractivity contribution < 1.29 is 9.59 Å². The Balaban J connectivity index is 1.77. The van der Waals surface area contributed by atoms with Crippen LogP contribution < -0.4 is 16.0 Å². The monoisotopic (exact) mass is 415 g/mol. The predicted molar refractivity (Wildman–Crippen MR) is 122 cm³/mol. The van der Waals surface area contributed by atoms with Crippen LogP contribution in [-0.4, -0.2) is 62.4 Å². The Morgan fingerprint density at radius 1 is 1.20 bits per heavy atom. The smallest absolute Gasteiger partial charge is 0.251 e. The van der Waals surface area contributed by atoms with Crippen LogP contribution in [0, 0.1) is 5.92 Å². The van der Waals surface area contributed by atoms with Crippen molar-refractivity contribution in [2.45, 2.75) is 52.0 Å². The molecule has 0 radical (unpaired) electrons. The van der Waals surface area contributed by atoms with E-state index in [1.807, 2.05) is 29.2 Å². The van der Waals surface area contributed by atoms with Crippen molar-refractivity contribution in [3.63, 3.8) is 0 Å². The molecule has 1 heterocycles. The van der Waals surface area contributed by atoms with Gasteiger partial charge in [-0.15, -0.1) is 0 Å². The number of aliphatic imine (C=N–C) groups is 1. The molecule has 1 aliphatic rings. The molecule has 166 valence electrons. The topological polar surface area (TPSA) is 85.8 Å². The van der Waals surface area contributed by atoms with Gasteiger partial charge in [0.15, 0.2) is 5.96 Å². The fourth-order valence-electron chi connectivity index (χ4n) is 3.87. The van der Waals surface area contributed by atoms with Gasteiger partial charge in [0, 0.05) is 51.3 Å². The normalized spacial score (nSPS) is 15.2. The average Bonchev–Trinajstić information content (AvgIpc) is 2.79. The van der Waals surface area contributed by atoms with Crippen LogP contribution in [0.3, 0.4) is 0 Å². The lowest BCUT2D eigenvalue weighted by atomic mass is 9.98. The number of nitrogens with one attached hydrogen (secondary N) is 3. The molecule has 0 atom stereocenters. The van der Waals surface area contributed by atoms with Gasteiger partial charge in [0.25, 0.3) is 5.91 Å². The van der Waals surface area contributed by atoms with Gasteiger partial charge in [0.1, 0.15) is 0 Å². The van der Waals surface area contributed by atoms with Gasteiger partial charge in [-0.25, -0.2) is 0 Å². The van der Waals surface area contributed by atoms with Crippen LogP contribution in [-0.2, 0) is 11.2 Å². The van der Waals surface area contributed by atoms with Crippen molar-refractivity contribution in [2.24, 2.45) is 10.9 Å². The summed E-state index contributed by atoms with van der Waals surface area (Å²) in [5.74, 6) is 1.17. The number of nitrogens with zero attached hydrogens (tertiary/aromatic N) is 2. The maximum atomic E-state index is 12.6. The van der Waals surface area contributed by atoms with Gasteiger partial charge in [0.2, 0.25) is 5.91 Å². The standard InChI is InChI=1S/C23H37N5O2/c1-5-18(6-2)22(30)28-14-11-20(12-15-28)27-23(25-4)26-13-10-17-8-7-9-19(16-17)21(29)24-3/h7-9,16,18,20H,5-6,10-15H2,1-4H3,(H,24,29)(H2,25,26,27). The largest absolute Gasteiger partial charge is 0.356 e. The predicted octanol–water partition coefficient (Wildman–Crippen LogP) is 2.18. The number of hydrogen-bond donors (Lipinski definition) is 3. The minimum absolute atomic E-state index is 0.0729. The van der Waals surface area contributed by atoms with E-state index >= 15 is 0 Å². The van der Waals surface area contributed by atoms with Crippen molar-refractivity contribution in [3.05, 3.63) is 35.4 Å². The summed E-state index contributed by atoms with van der Waals surface area (Å²) in [5.41, 5.74) is 1.78. The third-order valence-corrected chi connectivity index (χ3v) is 5.83. The van der Waals surface area contributed by atoms with Crippen LogP contribution in [0.15, 0.2) is 29.3 Å². The highest BCUT2D eigenvalue weighted by Crippen LogP contribution is 2.17. The van der Waals surface area contributed by atoms with Crippen molar-refractivity contribution in [3.8, 4) is 0 Å². The SMILES string of the molecule is CCC(CC)C(=O)N1CCC(NC(=NC)NCCc2cccc(C(=O)NC)c2)CC1. The van der Waals surface area contributed by atoms with Crippen molar-refractivity contribution in [1.29, 1.82) is 0 Å². The number of benzene rings is 1. The molecule has 1 fully saturated rings. The second kappa shape index (κ2) is 12.2. The lowest BCUT2D eigenvalue weighted by molar-refractivity contribution is -0.136. The highest BCUT2D eigenvalue weighted by molar-refractivity contribution is 5.94. The molecule has 2 amide bonds. The Morgan fingerprint density at radius 3 is 2.50 bits per heavy atom. The number of likely N-dealkylation sites (tertiary alicyclic amines) is 1. The lowest BCUT2D eigenvalue weighted by Crippen LogP contribution is -2.50. The number of hydrogen-bond acceptors (Lipinski definition) is 3. The van der Waals surface area contributed by atoms with E-state index in [1.165, 1.54) is 0 Å². The molecule has 0 aliphatic carbocycles. The maximum absolute atomic E-state index is 12.6. The average molecular weight is 416 g/mol. The van der Waals surface area contributed by atoms with Crippen LogP contribution in [0.4, 0.5) is 0 Å². The molecule has 0 bridgehead atoms. The van der Waals surface area contributed by atoms with Gasteiger partial charge in [-0.2, -0.15) is 0 Å². The zero-order chi connectivity index (χ0) is 21.9. The Kier molecular flexibility index (Phi) is 9.64. The van der Waals surface area contributed by atoms with Crippen LogP contribution in [0.2, 0.25) is 0 Å². The van der Waals surface area contributed by atoms with E-state index in [9.17, 15) is 9.59 Å². The fraction of sp³-hybridized carbons (Fsp3) is 0.609. The molecule has 0 unspecified atom stereocenters. The molecule has 0 aromatic heterocycles. The molecule has 7 heteroatoms. The first-order chi connectivity index (χ1) is 14.5. The number of rotatable bonds is 8. The van der Waals surface area contributed by atoms with E-state index in [4.69, 9.17) is 0 Å². The van der Waals surface area contributed by atoms with E-state index in [0.29, 0.717) is 17.5 Å². The molecular weight excluding hydrogens is 378 g/mol. The number of piperidine rings is 1. The summed E-state index contributed by atoms with van der Waals surface area (Å²) in [4.78, 5) is 30.7. The van der Waals surface area contributed by atoms with Gasteiger partial charge < -0.3 is 20.9 Å². The van der Waals surface area contributed by atoms with Crippen LogP contribution in [0.1, 0.15) is 55.5 Å². The fourth-order valence-corrected chi connectivity index (χ4v) is 3.87. The minimum Gasteiger partial charge on any atom is -0.356 e. The molecular formula is C23H37N5O2. The number of carbonyl (C=O) groups excluding carboxylic acids is 2. The van der Waals surface area contributed by atoms with E-state index in [-0.39, 0.29) is 11.8 Å². The third kappa shape index (κ3) is 6.75. The Morgan fingerprint density at radius 2 is 1.90 bits per heavy atom. The summed E-state index contributed by atoms with van der Waals surface area (Å²) in [5, 5.41) is 9.49. The Hall–Kier alpha value is -2.57. The van der Waals surface area contributed by atoms with Crippen LogP contribution >= 0.6 is 0 Å². The quantitative estimate of drug-likeness (QED) is 0.449. The zero-order valence-corrected chi connectivity index (χ0v) is 18.8. The molecule has 30 heavy (non-hydrogen) atoms. The summed E-state index contributed by atoms with van der Waals surface area (Å²) in [7, 11) is 3.41. The molecule has 2 rings (SSSR count). The van der Waals surface area contributed by atoms with E-state index in [2.05, 4.69) is 34.8 Å². The zero-order valence-electron chi connectivity index (χ0n) is 18.8. The summed E-state index contributed by atoms with van der Waals surface area (Å²) >= 11 is 0. The van der Waals surface area contributed by atoms with E-state index in [1.54, 1.807) is 14.1 Å². The molecule has 1 aliphatic heterocycles. The number of guanidine groups is 1. The number of carbonyl (C=O) groups is 2. The molecule has 1 saturated heterocycles. The Labute approximate surface area is 180 Å². The Bertz CT molecular complexity index is 722. The molecule has 7 nitrogen and oxygen atoms in total. The first-order valence-corrected chi connectivity index (χ1v) is 11.1. The van der Waals surface area contributed by atoms with Crippen molar-refractivity contribution in [2.75, 3.05) is 33.7 Å². The summed E-state index contributed by atoms with van der Waals surface area (Å²) in [6, 6.07) is 7.99. The van der Waals surface area contributed by atoms with E-state index < -0.39 is 0 Å². The third-order valence-electron chi connectivity index (χ3n) is 5.83.